The lowest BCUT2D eigenvalue weighted by Crippen LogP contribution is -2.45. The van der Waals surface area contributed by atoms with E-state index < -0.39 is 0 Å². The van der Waals surface area contributed by atoms with Crippen LogP contribution < -0.4 is 5.32 Å². The lowest BCUT2D eigenvalue weighted by molar-refractivity contribution is 0.0695. The molecule has 1 aromatic rings. The minimum absolute atomic E-state index is 0.0357. The van der Waals surface area contributed by atoms with Crippen LogP contribution in [0.15, 0.2) is 18.3 Å². The number of aromatic nitrogens is 1. The summed E-state index contributed by atoms with van der Waals surface area (Å²) in [6.07, 6.45) is 6.22. The van der Waals surface area contributed by atoms with Crippen LogP contribution in [0.1, 0.15) is 36.2 Å². The molecule has 0 radical (unpaired) electrons. The van der Waals surface area contributed by atoms with Crippen molar-refractivity contribution in [1.29, 1.82) is 0 Å². The number of piperidine rings is 1. The second kappa shape index (κ2) is 5.79. The van der Waals surface area contributed by atoms with Gasteiger partial charge in [-0.05, 0) is 50.3 Å². The molecule has 1 saturated heterocycles. The van der Waals surface area contributed by atoms with Gasteiger partial charge in [0.05, 0.1) is 0 Å². The van der Waals surface area contributed by atoms with Gasteiger partial charge in [0.2, 0.25) is 0 Å². The third-order valence-corrected chi connectivity index (χ3v) is 4.16. The second-order valence-electron chi connectivity index (χ2n) is 5.79. The lowest BCUT2D eigenvalue weighted by atomic mass is 10.0. The van der Waals surface area contributed by atoms with Crippen LogP contribution >= 0.6 is 0 Å². The van der Waals surface area contributed by atoms with E-state index in [1.54, 1.807) is 11.0 Å². The molecule has 0 bridgehead atoms. The van der Waals surface area contributed by atoms with E-state index in [4.69, 9.17) is 0 Å². The highest BCUT2D eigenvalue weighted by Gasteiger charge is 2.27. The molecule has 108 valence electrons. The Labute approximate surface area is 119 Å². The van der Waals surface area contributed by atoms with Gasteiger partial charge in [0.25, 0.3) is 5.91 Å². The van der Waals surface area contributed by atoms with E-state index in [0.717, 1.165) is 38.4 Å². The van der Waals surface area contributed by atoms with Crippen LogP contribution in [0.4, 0.5) is 0 Å². The maximum Gasteiger partial charge on any atom is 0.276 e. The number of nitrogens with one attached hydrogen (secondary N) is 1. The summed E-state index contributed by atoms with van der Waals surface area (Å²) in [5.41, 5.74) is 0.164. The summed E-state index contributed by atoms with van der Waals surface area (Å²) in [7, 11) is 0. The van der Waals surface area contributed by atoms with Crippen molar-refractivity contribution in [3.63, 3.8) is 0 Å². The fourth-order valence-electron chi connectivity index (χ4n) is 2.65. The normalized spacial score (nSPS) is 20.1. The van der Waals surface area contributed by atoms with Crippen molar-refractivity contribution in [2.75, 3.05) is 19.6 Å². The Bertz CT molecular complexity index is 480. The molecule has 5 heteroatoms. The molecule has 3 rings (SSSR count). The highest BCUT2D eigenvalue weighted by atomic mass is 16.3. The van der Waals surface area contributed by atoms with Crippen LogP contribution in [-0.4, -0.2) is 46.6 Å². The van der Waals surface area contributed by atoms with Gasteiger partial charge in [-0.2, -0.15) is 0 Å². The maximum absolute atomic E-state index is 12.3. The topological polar surface area (TPSA) is 65.5 Å². The average Bonchev–Trinajstić information content (AvgIpc) is 3.30. The van der Waals surface area contributed by atoms with Gasteiger partial charge in [0, 0.05) is 25.3 Å². The quantitative estimate of drug-likeness (QED) is 0.871. The fraction of sp³-hybridized carbons (Fsp3) is 0.600. The standard InChI is InChI=1S/C15H21N3O2/c19-13-2-1-7-16-14(13)15(20)18-8-5-12(6-9-18)17-10-11-3-4-11/h1-2,7,11-12,17,19H,3-6,8-10H2. The van der Waals surface area contributed by atoms with Crippen molar-refractivity contribution in [3.05, 3.63) is 24.0 Å². The van der Waals surface area contributed by atoms with Gasteiger partial charge in [-0.25, -0.2) is 4.98 Å². The van der Waals surface area contributed by atoms with Gasteiger partial charge >= 0.3 is 0 Å². The number of carbonyl (C=O) groups is 1. The first-order valence-corrected chi connectivity index (χ1v) is 7.40. The van der Waals surface area contributed by atoms with Gasteiger partial charge in [-0.1, -0.05) is 0 Å². The molecule has 2 heterocycles. The molecule has 1 aromatic heterocycles. The molecule has 2 aliphatic rings. The Kier molecular flexibility index (Phi) is 3.87. The second-order valence-corrected chi connectivity index (χ2v) is 5.79. The zero-order chi connectivity index (χ0) is 13.9. The van der Waals surface area contributed by atoms with Gasteiger partial charge in [0.1, 0.15) is 5.75 Å². The van der Waals surface area contributed by atoms with Crippen LogP contribution in [0.3, 0.4) is 0 Å². The van der Waals surface area contributed by atoms with Gasteiger partial charge < -0.3 is 15.3 Å². The van der Waals surface area contributed by atoms with E-state index >= 15 is 0 Å². The number of nitrogens with zero attached hydrogens (tertiary/aromatic N) is 2. The first kappa shape index (κ1) is 13.4. The predicted octanol–water partition coefficient (Wildman–Crippen LogP) is 1.39. The number of aromatic hydroxyl groups is 1. The van der Waals surface area contributed by atoms with Gasteiger partial charge in [-0.3, -0.25) is 4.79 Å². The van der Waals surface area contributed by atoms with Crippen molar-refractivity contribution in [3.8, 4) is 5.75 Å². The number of likely N-dealkylation sites (tertiary alicyclic amines) is 1. The van der Waals surface area contributed by atoms with Crippen LogP contribution in [0.5, 0.6) is 5.75 Å². The van der Waals surface area contributed by atoms with Gasteiger partial charge in [-0.15, -0.1) is 0 Å². The van der Waals surface area contributed by atoms with Crippen LogP contribution in [0.25, 0.3) is 0 Å². The summed E-state index contributed by atoms with van der Waals surface area (Å²) in [4.78, 5) is 18.1. The summed E-state index contributed by atoms with van der Waals surface area (Å²) in [5, 5.41) is 13.3. The number of pyridine rings is 1. The first-order valence-electron chi connectivity index (χ1n) is 7.40. The third kappa shape index (κ3) is 3.10. The number of rotatable bonds is 4. The number of amides is 1. The van der Waals surface area contributed by atoms with Crippen LogP contribution in [-0.2, 0) is 0 Å². The molecule has 2 fully saturated rings. The smallest absolute Gasteiger partial charge is 0.276 e. The lowest BCUT2D eigenvalue weighted by Gasteiger charge is -2.32. The summed E-state index contributed by atoms with van der Waals surface area (Å²) in [5.74, 6) is 0.690. The molecule has 0 spiro atoms. The van der Waals surface area contributed by atoms with E-state index in [-0.39, 0.29) is 17.4 Å². The zero-order valence-corrected chi connectivity index (χ0v) is 11.6. The number of carbonyl (C=O) groups excluding carboxylic acids is 1. The summed E-state index contributed by atoms with van der Waals surface area (Å²) < 4.78 is 0. The predicted molar refractivity (Wildman–Crippen MR) is 75.6 cm³/mol. The highest BCUT2D eigenvalue weighted by molar-refractivity contribution is 5.94. The first-order chi connectivity index (χ1) is 9.74. The molecule has 1 aliphatic carbocycles. The molecule has 0 atom stereocenters. The molecule has 1 aliphatic heterocycles. The maximum atomic E-state index is 12.3. The monoisotopic (exact) mass is 275 g/mol. The van der Waals surface area contributed by atoms with E-state index in [2.05, 4.69) is 10.3 Å². The molecule has 1 amide bonds. The Morgan fingerprint density at radius 1 is 1.35 bits per heavy atom. The SMILES string of the molecule is O=C(c1ncccc1O)N1CCC(NCC2CC2)CC1. The Morgan fingerprint density at radius 3 is 2.75 bits per heavy atom. The summed E-state index contributed by atoms with van der Waals surface area (Å²) >= 11 is 0. The van der Waals surface area contributed by atoms with Crippen molar-refractivity contribution >= 4 is 5.91 Å². The van der Waals surface area contributed by atoms with E-state index in [0.29, 0.717) is 6.04 Å². The van der Waals surface area contributed by atoms with Crippen molar-refractivity contribution in [1.82, 2.24) is 15.2 Å². The van der Waals surface area contributed by atoms with Crippen molar-refractivity contribution in [2.45, 2.75) is 31.7 Å². The number of hydrogen-bond donors (Lipinski definition) is 2. The summed E-state index contributed by atoms with van der Waals surface area (Å²) in [6.45, 7) is 2.59. The number of hydrogen-bond acceptors (Lipinski definition) is 4. The zero-order valence-electron chi connectivity index (χ0n) is 11.6. The average molecular weight is 275 g/mol. The van der Waals surface area contributed by atoms with Crippen LogP contribution in [0.2, 0.25) is 0 Å². The largest absolute Gasteiger partial charge is 0.505 e. The molecule has 0 unspecified atom stereocenters. The van der Waals surface area contributed by atoms with Gasteiger partial charge in [0.15, 0.2) is 5.69 Å². The molecular formula is C15H21N3O2. The molecular weight excluding hydrogens is 254 g/mol. The molecule has 5 nitrogen and oxygen atoms in total. The van der Waals surface area contributed by atoms with E-state index in [1.165, 1.54) is 25.1 Å². The van der Waals surface area contributed by atoms with Crippen LogP contribution in [0, 0.1) is 5.92 Å². The fourth-order valence-corrected chi connectivity index (χ4v) is 2.65. The Hall–Kier alpha value is -1.62. The van der Waals surface area contributed by atoms with E-state index in [9.17, 15) is 9.90 Å². The highest BCUT2D eigenvalue weighted by Crippen LogP contribution is 2.28. The minimum Gasteiger partial charge on any atom is -0.505 e. The molecule has 1 saturated carbocycles. The molecule has 2 N–H and O–H groups in total. The molecule has 0 aromatic carbocycles. The van der Waals surface area contributed by atoms with Crippen molar-refractivity contribution in [2.24, 2.45) is 5.92 Å². The molecule has 20 heavy (non-hydrogen) atoms. The minimum atomic E-state index is -0.163. The van der Waals surface area contributed by atoms with Crippen molar-refractivity contribution < 1.29 is 9.90 Å². The Morgan fingerprint density at radius 2 is 2.10 bits per heavy atom. The Balaban J connectivity index is 1.52. The third-order valence-electron chi connectivity index (χ3n) is 4.16. The van der Waals surface area contributed by atoms with E-state index in [1.807, 2.05) is 0 Å². The summed E-state index contributed by atoms with van der Waals surface area (Å²) in [6, 6.07) is 3.65.